The van der Waals surface area contributed by atoms with E-state index in [4.69, 9.17) is 20.4 Å². The van der Waals surface area contributed by atoms with Crippen molar-refractivity contribution in [2.24, 2.45) is 0 Å². The van der Waals surface area contributed by atoms with Gasteiger partial charge in [0, 0.05) is 44.5 Å². The molecule has 0 radical (unpaired) electrons. The van der Waals surface area contributed by atoms with Gasteiger partial charge in [-0.3, -0.25) is 9.59 Å². The van der Waals surface area contributed by atoms with Crippen molar-refractivity contribution < 1.29 is 56.2 Å². The van der Waals surface area contributed by atoms with E-state index in [9.17, 15) is 9.59 Å². The summed E-state index contributed by atoms with van der Waals surface area (Å²) in [6.45, 7) is 11.6. The van der Waals surface area contributed by atoms with Crippen LogP contribution in [0.5, 0.6) is 0 Å². The van der Waals surface area contributed by atoms with Gasteiger partial charge in [-0.15, -0.1) is 0 Å². The summed E-state index contributed by atoms with van der Waals surface area (Å²) in [5.74, 6) is -1.37. The number of ketones is 1. The fraction of sp³-hybridized carbons (Fsp3) is 0.786. The molecule has 21 heavy (non-hydrogen) atoms. The molecular weight excluding hydrogens is 355 g/mol. The van der Waals surface area contributed by atoms with Gasteiger partial charge in [0.15, 0.2) is 0 Å². The van der Waals surface area contributed by atoms with Gasteiger partial charge >= 0.3 is 5.97 Å². The minimum absolute atomic E-state index is 0. The van der Waals surface area contributed by atoms with Crippen LogP contribution in [-0.2, 0) is 35.8 Å². The largest absolute Gasteiger partial charge is 0.481 e. The van der Waals surface area contributed by atoms with Crippen molar-refractivity contribution >= 4 is 11.8 Å². The van der Waals surface area contributed by atoms with E-state index < -0.39 is 5.97 Å². The zero-order valence-electron chi connectivity index (χ0n) is 14.5. The third kappa shape index (κ3) is 419. The molecule has 0 amide bonds. The van der Waals surface area contributed by atoms with Crippen LogP contribution in [-0.4, -0.2) is 50.5 Å². The van der Waals surface area contributed by atoms with E-state index in [-0.39, 0.29) is 64.1 Å². The summed E-state index contributed by atoms with van der Waals surface area (Å²) in [5.41, 5.74) is 0. The van der Waals surface area contributed by atoms with Gasteiger partial charge in [-0.25, -0.2) is 0 Å². The van der Waals surface area contributed by atoms with Crippen molar-refractivity contribution in [3.63, 3.8) is 0 Å². The summed E-state index contributed by atoms with van der Waals surface area (Å²) in [4.78, 5) is 19.5. The molecule has 0 spiro atoms. The minimum Gasteiger partial charge on any atom is -0.481 e. The Bertz CT molecular complexity index is 171. The topological polar surface area (TPSA) is 115 Å². The van der Waals surface area contributed by atoms with Gasteiger partial charge in [0.2, 0.25) is 0 Å². The summed E-state index contributed by atoms with van der Waals surface area (Å²) in [5, 5.41) is 32.0. The third-order valence-electron chi connectivity index (χ3n) is 0.400. The van der Waals surface area contributed by atoms with E-state index in [2.05, 4.69) is 0 Å². The molecule has 0 atom stereocenters. The smallest absolute Gasteiger partial charge is 0.310 e. The standard InChI is InChI=1S/C4H6O3.3C3H8O.CH3.Zr/c1-3(5)2-4(6)7;3*1-3(2)4;;/h2H2,1H3,(H,6,7);3*3-4H,1-2H3;1H3;/q;;;;-1;. The van der Waals surface area contributed by atoms with Crippen LogP contribution in [0.2, 0.25) is 0 Å². The number of carboxylic acid groups (broad SMARTS) is 1. The van der Waals surface area contributed by atoms with E-state index >= 15 is 0 Å². The normalized spacial score (nSPS) is 7.86. The number of carbonyl (C=O) groups excluding carboxylic acids is 1. The van der Waals surface area contributed by atoms with Gasteiger partial charge < -0.3 is 27.9 Å². The Kier molecular flexibility index (Phi) is 49.9. The molecule has 0 heterocycles. The number of aliphatic hydroxyl groups excluding tert-OH is 3. The Morgan fingerprint density at radius 3 is 0.952 bits per heavy atom. The molecule has 0 saturated carbocycles. The number of aliphatic carboxylic acids is 1. The molecule has 6 nitrogen and oxygen atoms in total. The number of carboxylic acids is 1. The van der Waals surface area contributed by atoms with E-state index in [0.717, 1.165) is 0 Å². The van der Waals surface area contributed by atoms with Crippen LogP contribution in [0.25, 0.3) is 0 Å². The molecule has 0 aliphatic carbocycles. The quantitative estimate of drug-likeness (QED) is 0.422. The van der Waals surface area contributed by atoms with Crippen LogP contribution in [0.1, 0.15) is 54.9 Å². The molecule has 0 aromatic carbocycles. The number of aliphatic hydroxyl groups is 3. The molecule has 0 bridgehead atoms. The van der Waals surface area contributed by atoms with E-state index in [1.165, 1.54) is 6.92 Å². The van der Waals surface area contributed by atoms with Crippen molar-refractivity contribution in [2.75, 3.05) is 0 Å². The fourth-order valence-corrected chi connectivity index (χ4v) is 0.213. The second-order valence-electron chi connectivity index (χ2n) is 4.55. The summed E-state index contributed by atoms with van der Waals surface area (Å²) >= 11 is 0. The Morgan fingerprint density at radius 2 is 0.952 bits per heavy atom. The van der Waals surface area contributed by atoms with Crippen LogP contribution >= 0.6 is 0 Å². The molecule has 4 N–H and O–H groups in total. The molecule has 0 aromatic rings. The Morgan fingerprint density at radius 1 is 0.810 bits per heavy atom. The second-order valence-corrected chi connectivity index (χ2v) is 4.55. The van der Waals surface area contributed by atoms with Gasteiger partial charge in [0.1, 0.15) is 12.2 Å². The summed E-state index contributed by atoms with van der Waals surface area (Å²) in [6.07, 6.45) is -0.861. The average Bonchev–Trinajstić information content (AvgIpc) is 1.95. The first-order chi connectivity index (χ1) is 8.32. The van der Waals surface area contributed by atoms with Crippen molar-refractivity contribution in [3.8, 4) is 0 Å². The van der Waals surface area contributed by atoms with Crippen LogP contribution in [0.3, 0.4) is 0 Å². The fourth-order valence-electron chi connectivity index (χ4n) is 0.213. The zero-order valence-corrected chi connectivity index (χ0v) is 17.0. The van der Waals surface area contributed by atoms with Gasteiger partial charge in [0.25, 0.3) is 0 Å². The van der Waals surface area contributed by atoms with Crippen LogP contribution < -0.4 is 0 Å². The first kappa shape index (κ1) is 37.3. The van der Waals surface area contributed by atoms with Crippen LogP contribution in [0.4, 0.5) is 0 Å². The molecule has 0 saturated heterocycles. The molecular formula is C14H33O6Zr-. The van der Waals surface area contributed by atoms with Crippen molar-refractivity contribution in [1.82, 2.24) is 0 Å². The van der Waals surface area contributed by atoms with Crippen molar-refractivity contribution in [2.45, 2.75) is 73.2 Å². The van der Waals surface area contributed by atoms with Crippen LogP contribution in [0, 0.1) is 7.43 Å². The van der Waals surface area contributed by atoms with E-state index in [1.54, 1.807) is 41.5 Å². The van der Waals surface area contributed by atoms with Crippen LogP contribution in [0.15, 0.2) is 0 Å². The minimum atomic E-state index is -1.06. The molecule has 0 aliphatic heterocycles. The predicted molar refractivity (Wildman–Crippen MR) is 81.4 cm³/mol. The molecule has 0 fully saturated rings. The number of hydrogen-bond acceptors (Lipinski definition) is 5. The first-order valence-corrected chi connectivity index (χ1v) is 6.08. The van der Waals surface area contributed by atoms with Gasteiger partial charge in [-0.1, -0.05) is 0 Å². The zero-order chi connectivity index (χ0) is 16.6. The van der Waals surface area contributed by atoms with Crippen molar-refractivity contribution in [1.29, 1.82) is 0 Å². The number of rotatable bonds is 2. The van der Waals surface area contributed by atoms with Gasteiger partial charge in [-0.2, -0.15) is 0 Å². The second kappa shape index (κ2) is 28.1. The maximum absolute atomic E-state index is 9.87. The molecule has 130 valence electrons. The van der Waals surface area contributed by atoms with Gasteiger partial charge in [0.05, 0.1) is 0 Å². The van der Waals surface area contributed by atoms with Gasteiger partial charge in [-0.05, 0) is 48.5 Å². The number of hydrogen-bond donors (Lipinski definition) is 4. The maximum Gasteiger partial charge on any atom is 0.310 e. The maximum atomic E-state index is 9.87. The molecule has 0 rings (SSSR count). The monoisotopic (exact) mass is 387 g/mol. The Labute approximate surface area is 148 Å². The third-order valence-corrected chi connectivity index (χ3v) is 0.400. The van der Waals surface area contributed by atoms with E-state index in [0.29, 0.717) is 0 Å². The van der Waals surface area contributed by atoms with Crippen molar-refractivity contribution in [3.05, 3.63) is 7.43 Å². The molecule has 7 heteroatoms. The SMILES string of the molecule is CC(=O)CC(=O)O.CC(C)O.CC(C)O.CC(C)O.[CH3-].[Zr]. The van der Waals surface area contributed by atoms with E-state index in [1.807, 2.05) is 0 Å². The number of Topliss-reactive ketones (excluding diaryl/α,β-unsaturated/α-hetero) is 1. The summed E-state index contributed by atoms with van der Waals surface area (Å²) in [6, 6.07) is 0. The first-order valence-electron chi connectivity index (χ1n) is 6.08. The molecule has 0 aliphatic rings. The summed E-state index contributed by atoms with van der Waals surface area (Å²) < 4.78 is 0. The predicted octanol–water partition coefficient (Wildman–Crippen LogP) is 1.66. The average molecular weight is 389 g/mol. The Hall–Kier alpha value is -0.0969. The molecule has 0 unspecified atom stereocenters. The Balaban J connectivity index is -0.0000000359. The summed E-state index contributed by atoms with van der Waals surface area (Å²) in [7, 11) is 0. The molecule has 0 aromatic heterocycles. The number of carbonyl (C=O) groups is 2.